The van der Waals surface area contributed by atoms with E-state index in [4.69, 9.17) is 4.74 Å². The largest absolute Gasteiger partial charge is 0.491 e. The molecule has 0 N–H and O–H groups in total. The van der Waals surface area contributed by atoms with Gasteiger partial charge in [-0.2, -0.15) is 5.10 Å². The summed E-state index contributed by atoms with van der Waals surface area (Å²) in [6.07, 6.45) is 3.43. The van der Waals surface area contributed by atoms with Crippen LogP contribution in [0, 0.1) is 5.82 Å². The van der Waals surface area contributed by atoms with Gasteiger partial charge in [0.15, 0.2) is 0 Å². The zero-order valence-corrected chi connectivity index (χ0v) is 15.0. The standard InChI is InChI=1S/C21H20FN3O2/c1-15-14-27-20-8-5-17(16-3-6-19(22)7-4-16)11-18(20)12-25(15)21(26)13-24-10-2-9-23-24/h2-11,15H,12-14H2,1H3/t15-/m0/s1. The van der Waals surface area contributed by atoms with Crippen LogP contribution in [0.15, 0.2) is 60.9 Å². The third-order valence-corrected chi connectivity index (χ3v) is 4.77. The Kier molecular flexibility index (Phi) is 4.62. The van der Waals surface area contributed by atoms with Crippen molar-refractivity contribution in [3.05, 3.63) is 72.3 Å². The van der Waals surface area contributed by atoms with E-state index in [2.05, 4.69) is 5.10 Å². The predicted octanol–water partition coefficient (Wildman–Crippen LogP) is 3.50. The highest BCUT2D eigenvalue weighted by atomic mass is 19.1. The smallest absolute Gasteiger partial charge is 0.244 e. The Morgan fingerprint density at radius 1 is 1.22 bits per heavy atom. The third kappa shape index (κ3) is 3.69. The van der Waals surface area contributed by atoms with Gasteiger partial charge in [0.05, 0.1) is 6.04 Å². The summed E-state index contributed by atoms with van der Waals surface area (Å²) in [6.45, 7) is 3.08. The summed E-state index contributed by atoms with van der Waals surface area (Å²) in [7, 11) is 0. The number of carbonyl (C=O) groups excluding carboxylic acids is 1. The average Bonchev–Trinajstić information content (AvgIpc) is 3.11. The second kappa shape index (κ2) is 7.23. The molecule has 2 heterocycles. The molecule has 0 spiro atoms. The van der Waals surface area contributed by atoms with Crippen LogP contribution in [0.3, 0.4) is 0 Å². The molecule has 4 rings (SSSR count). The number of fused-ring (bicyclic) bond motifs is 1. The molecular formula is C21H20FN3O2. The van der Waals surface area contributed by atoms with Gasteiger partial charge in [-0.05, 0) is 48.4 Å². The molecule has 0 fully saturated rings. The second-order valence-corrected chi connectivity index (χ2v) is 6.71. The molecule has 27 heavy (non-hydrogen) atoms. The first kappa shape index (κ1) is 17.3. The fourth-order valence-electron chi connectivity index (χ4n) is 3.26. The Balaban J connectivity index is 1.61. The Bertz CT molecular complexity index is 939. The summed E-state index contributed by atoms with van der Waals surface area (Å²) in [5.41, 5.74) is 2.83. The monoisotopic (exact) mass is 365 g/mol. The molecule has 138 valence electrons. The molecule has 1 aromatic heterocycles. The highest BCUT2D eigenvalue weighted by Gasteiger charge is 2.26. The molecular weight excluding hydrogens is 345 g/mol. The highest BCUT2D eigenvalue weighted by molar-refractivity contribution is 5.76. The lowest BCUT2D eigenvalue weighted by Crippen LogP contribution is -2.41. The van der Waals surface area contributed by atoms with Crippen molar-refractivity contribution >= 4 is 5.91 Å². The molecule has 0 unspecified atom stereocenters. The fraction of sp³-hybridized carbons (Fsp3) is 0.238. The quantitative estimate of drug-likeness (QED) is 0.714. The van der Waals surface area contributed by atoms with Crippen LogP contribution in [0.4, 0.5) is 4.39 Å². The zero-order valence-electron chi connectivity index (χ0n) is 15.0. The van der Waals surface area contributed by atoms with Crippen molar-refractivity contribution in [1.82, 2.24) is 14.7 Å². The topological polar surface area (TPSA) is 47.4 Å². The van der Waals surface area contributed by atoms with Crippen molar-refractivity contribution in [3.8, 4) is 16.9 Å². The van der Waals surface area contributed by atoms with E-state index in [9.17, 15) is 9.18 Å². The number of nitrogens with zero attached hydrogens (tertiary/aromatic N) is 3. The minimum atomic E-state index is -0.263. The maximum Gasteiger partial charge on any atom is 0.244 e. The number of aromatic nitrogens is 2. The summed E-state index contributed by atoms with van der Waals surface area (Å²) >= 11 is 0. The number of ether oxygens (including phenoxy) is 1. The Hall–Kier alpha value is -3.15. The van der Waals surface area contributed by atoms with Crippen LogP contribution in [0.25, 0.3) is 11.1 Å². The van der Waals surface area contributed by atoms with Crippen molar-refractivity contribution in [1.29, 1.82) is 0 Å². The van der Waals surface area contributed by atoms with E-state index in [0.717, 1.165) is 22.4 Å². The highest BCUT2D eigenvalue weighted by Crippen LogP contribution is 2.30. The van der Waals surface area contributed by atoms with Crippen LogP contribution in [-0.2, 0) is 17.9 Å². The molecule has 1 amide bonds. The van der Waals surface area contributed by atoms with Crippen LogP contribution in [-0.4, -0.2) is 33.2 Å². The van der Waals surface area contributed by atoms with Crippen LogP contribution in [0.2, 0.25) is 0 Å². The van der Waals surface area contributed by atoms with Gasteiger partial charge in [-0.25, -0.2) is 4.39 Å². The average molecular weight is 365 g/mol. The van der Waals surface area contributed by atoms with E-state index in [-0.39, 0.29) is 24.3 Å². The number of hydrogen-bond acceptors (Lipinski definition) is 3. The van der Waals surface area contributed by atoms with E-state index in [1.165, 1.54) is 12.1 Å². The molecule has 1 aliphatic rings. The van der Waals surface area contributed by atoms with Crippen LogP contribution in [0.1, 0.15) is 12.5 Å². The molecule has 1 atom stereocenters. The lowest BCUT2D eigenvalue weighted by Gasteiger charge is -2.26. The van der Waals surface area contributed by atoms with E-state index in [1.807, 2.05) is 30.0 Å². The predicted molar refractivity (Wildman–Crippen MR) is 99.6 cm³/mol. The summed E-state index contributed by atoms with van der Waals surface area (Å²) in [5.74, 6) is 0.512. The van der Waals surface area contributed by atoms with E-state index in [1.54, 1.807) is 35.3 Å². The Labute approximate surface area is 157 Å². The van der Waals surface area contributed by atoms with E-state index >= 15 is 0 Å². The first-order valence-corrected chi connectivity index (χ1v) is 8.89. The van der Waals surface area contributed by atoms with Gasteiger partial charge >= 0.3 is 0 Å². The molecule has 2 aromatic carbocycles. The second-order valence-electron chi connectivity index (χ2n) is 6.71. The lowest BCUT2D eigenvalue weighted by molar-refractivity contribution is -0.135. The first-order chi connectivity index (χ1) is 13.1. The van der Waals surface area contributed by atoms with Gasteiger partial charge < -0.3 is 9.64 Å². The molecule has 0 saturated carbocycles. The molecule has 0 bridgehead atoms. The fourth-order valence-corrected chi connectivity index (χ4v) is 3.26. The summed E-state index contributed by atoms with van der Waals surface area (Å²) in [6, 6.07) is 14.0. The Morgan fingerprint density at radius 3 is 2.74 bits per heavy atom. The van der Waals surface area contributed by atoms with Gasteiger partial charge in [0.1, 0.15) is 24.7 Å². The van der Waals surface area contributed by atoms with Crippen molar-refractivity contribution in [2.24, 2.45) is 0 Å². The molecule has 3 aromatic rings. The van der Waals surface area contributed by atoms with E-state index < -0.39 is 0 Å². The van der Waals surface area contributed by atoms with Crippen LogP contribution >= 0.6 is 0 Å². The van der Waals surface area contributed by atoms with Gasteiger partial charge in [0.2, 0.25) is 5.91 Å². The Morgan fingerprint density at radius 2 is 2.00 bits per heavy atom. The number of hydrogen-bond donors (Lipinski definition) is 0. The number of carbonyl (C=O) groups is 1. The van der Waals surface area contributed by atoms with Crippen molar-refractivity contribution in [2.75, 3.05) is 6.61 Å². The summed E-state index contributed by atoms with van der Waals surface area (Å²) < 4.78 is 20.7. The summed E-state index contributed by atoms with van der Waals surface area (Å²) in [4.78, 5) is 14.6. The van der Waals surface area contributed by atoms with Gasteiger partial charge in [0, 0.05) is 24.5 Å². The minimum absolute atomic E-state index is 0.00478. The normalized spacial score (nSPS) is 16.4. The third-order valence-electron chi connectivity index (χ3n) is 4.77. The molecule has 0 radical (unpaired) electrons. The maximum absolute atomic E-state index is 13.2. The van der Waals surface area contributed by atoms with Crippen molar-refractivity contribution < 1.29 is 13.9 Å². The van der Waals surface area contributed by atoms with Crippen molar-refractivity contribution in [2.45, 2.75) is 26.1 Å². The SMILES string of the molecule is C[C@H]1COc2ccc(-c3ccc(F)cc3)cc2CN1C(=O)Cn1cccn1. The maximum atomic E-state index is 13.2. The van der Waals surface area contributed by atoms with Gasteiger partial charge in [-0.15, -0.1) is 0 Å². The number of amides is 1. The molecule has 0 saturated heterocycles. The molecule has 0 aliphatic carbocycles. The molecule has 6 heteroatoms. The first-order valence-electron chi connectivity index (χ1n) is 8.89. The zero-order chi connectivity index (χ0) is 18.8. The number of halogens is 1. The van der Waals surface area contributed by atoms with Gasteiger partial charge in [-0.1, -0.05) is 18.2 Å². The number of rotatable bonds is 3. The van der Waals surface area contributed by atoms with Crippen LogP contribution in [0.5, 0.6) is 5.75 Å². The molecule has 1 aliphatic heterocycles. The van der Waals surface area contributed by atoms with Crippen LogP contribution < -0.4 is 4.74 Å². The van der Waals surface area contributed by atoms with Crippen molar-refractivity contribution in [3.63, 3.8) is 0 Å². The summed E-state index contributed by atoms with van der Waals surface area (Å²) in [5, 5.41) is 4.11. The lowest BCUT2D eigenvalue weighted by atomic mass is 10.0. The van der Waals surface area contributed by atoms with Gasteiger partial charge in [0.25, 0.3) is 0 Å². The number of benzene rings is 2. The van der Waals surface area contributed by atoms with E-state index in [0.29, 0.717) is 13.2 Å². The minimum Gasteiger partial charge on any atom is -0.491 e. The molecule has 5 nitrogen and oxygen atoms in total. The van der Waals surface area contributed by atoms with Gasteiger partial charge in [-0.3, -0.25) is 9.48 Å².